The summed E-state index contributed by atoms with van der Waals surface area (Å²) in [7, 11) is 0. The van der Waals surface area contributed by atoms with E-state index in [1.54, 1.807) is 0 Å². The number of aromatic amines is 1. The van der Waals surface area contributed by atoms with Gasteiger partial charge < -0.3 is 20.8 Å². The predicted molar refractivity (Wildman–Crippen MR) is 92.6 cm³/mol. The van der Waals surface area contributed by atoms with Crippen molar-refractivity contribution in [2.75, 3.05) is 11.9 Å². The largest absolute Gasteiger partial charge is 0.377 e. The van der Waals surface area contributed by atoms with Crippen LogP contribution < -0.4 is 11.1 Å². The number of nitrogens with two attached hydrogens (primary N) is 1. The maximum atomic E-state index is 13.0. The normalized spacial score (nSPS) is 31.3. The number of hydrogen-bond acceptors (Lipinski definition) is 4. The van der Waals surface area contributed by atoms with Crippen molar-refractivity contribution in [1.82, 2.24) is 9.97 Å². The smallest absolute Gasteiger partial charge is 0.245 e. The Balaban J connectivity index is 1.60. The zero-order chi connectivity index (χ0) is 17.1. The molecular weight excluding hydrogens is 304 g/mol. The van der Waals surface area contributed by atoms with Crippen molar-refractivity contribution < 1.29 is 9.53 Å². The van der Waals surface area contributed by atoms with Crippen molar-refractivity contribution in [2.45, 2.75) is 45.3 Å². The first-order valence-corrected chi connectivity index (χ1v) is 8.52. The third-order valence-electron chi connectivity index (χ3n) is 5.92. The molecule has 2 aliphatic rings. The fourth-order valence-corrected chi connectivity index (χ4v) is 4.49. The topological polar surface area (TPSA) is 93.0 Å². The molecule has 1 aromatic carbocycles. The van der Waals surface area contributed by atoms with Gasteiger partial charge in [0.25, 0.3) is 0 Å². The third-order valence-corrected chi connectivity index (χ3v) is 5.92. The number of nitrogens with one attached hydrogen (secondary N) is 2. The number of aromatic nitrogens is 2. The van der Waals surface area contributed by atoms with Gasteiger partial charge >= 0.3 is 0 Å². The van der Waals surface area contributed by atoms with E-state index in [2.05, 4.69) is 15.3 Å². The van der Waals surface area contributed by atoms with E-state index in [4.69, 9.17) is 10.5 Å². The number of hydrogen-bond donors (Lipinski definition) is 3. The summed E-state index contributed by atoms with van der Waals surface area (Å²) in [5.41, 5.74) is 7.87. The summed E-state index contributed by atoms with van der Waals surface area (Å²) in [6.45, 7) is 6.73. The molecule has 1 aliphatic heterocycles. The molecule has 6 heteroatoms. The van der Waals surface area contributed by atoms with Gasteiger partial charge in [-0.3, -0.25) is 4.79 Å². The summed E-state index contributed by atoms with van der Waals surface area (Å²) in [6.07, 6.45) is 1.97. The molecule has 24 heavy (non-hydrogen) atoms. The number of H-pyrrole nitrogens is 1. The number of rotatable bonds is 2. The highest BCUT2D eigenvalue weighted by atomic mass is 16.5. The first-order valence-electron chi connectivity index (χ1n) is 8.52. The third kappa shape index (κ3) is 1.96. The summed E-state index contributed by atoms with van der Waals surface area (Å²) >= 11 is 0. The van der Waals surface area contributed by atoms with Crippen LogP contribution in [0.5, 0.6) is 0 Å². The van der Waals surface area contributed by atoms with Crippen LogP contribution in [0.3, 0.4) is 0 Å². The molecule has 0 radical (unpaired) electrons. The van der Waals surface area contributed by atoms with Crippen LogP contribution in [0.2, 0.25) is 0 Å². The van der Waals surface area contributed by atoms with Crippen LogP contribution in [0.15, 0.2) is 18.2 Å². The summed E-state index contributed by atoms with van der Waals surface area (Å²) in [5, 5.41) is 3.01. The number of carbonyl (C=O) groups is 1. The van der Waals surface area contributed by atoms with Crippen molar-refractivity contribution in [3.63, 3.8) is 0 Å². The number of anilines is 1. The second-order valence-electron chi connectivity index (χ2n) is 7.64. The van der Waals surface area contributed by atoms with Crippen molar-refractivity contribution >= 4 is 22.6 Å². The van der Waals surface area contributed by atoms with Crippen LogP contribution in [0.1, 0.15) is 32.5 Å². The number of amides is 1. The Morgan fingerprint density at radius 1 is 1.46 bits per heavy atom. The van der Waals surface area contributed by atoms with Gasteiger partial charge in [-0.25, -0.2) is 4.98 Å². The van der Waals surface area contributed by atoms with E-state index in [1.165, 1.54) is 0 Å². The minimum absolute atomic E-state index is 0.0692. The van der Waals surface area contributed by atoms with Gasteiger partial charge in [0.05, 0.1) is 17.1 Å². The molecule has 128 valence electrons. The van der Waals surface area contributed by atoms with Crippen LogP contribution in [0, 0.1) is 18.3 Å². The fraction of sp³-hybridized carbons (Fsp3) is 0.556. The lowest BCUT2D eigenvalue weighted by molar-refractivity contribution is -0.222. The molecule has 1 amide bonds. The molecule has 2 heterocycles. The lowest BCUT2D eigenvalue weighted by atomic mass is 9.46. The number of aryl methyl sites for hydroxylation is 1. The molecular formula is C18H24N4O2. The van der Waals surface area contributed by atoms with E-state index in [-0.39, 0.29) is 23.3 Å². The Bertz CT molecular complexity index is 812. The van der Waals surface area contributed by atoms with Crippen LogP contribution in [0.4, 0.5) is 5.69 Å². The summed E-state index contributed by atoms with van der Waals surface area (Å²) in [4.78, 5) is 20.6. The second kappa shape index (κ2) is 5.04. The van der Waals surface area contributed by atoms with Crippen molar-refractivity contribution in [2.24, 2.45) is 17.1 Å². The number of carbonyl (C=O) groups excluding carboxylic acids is 1. The Morgan fingerprint density at radius 3 is 3.04 bits per heavy atom. The average molecular weight is 328 g/mol. The molecule has 3 unspecified atom stereocenters. The van der Waals surface area contributed by atoms with Gasteiger partial charge in [0, 0.05) is 23.6 Å². The highest BCUT2D eigenvalue weighted by Crippen LogP contribution is 2.57. The minimum atomic E-state index is -0.906. The fourth-order valence-electron chi connectivity index (χ4n) is 4.49. The van der Waals surface area contributed by atoms with Crippen LogP contribution >= 0.6 is 0 Å². The molecule has 4 N–H and O–H groups in total. The molecule has 1 aliphatic carbocycles. The summed E-state index contributed by atoms with van der Waals surface area (Å²) in [5.74, 6) is 0.806. The van der Waals surface area contributed by atoms with Crippen molar-refractivity contribution in [1.29, 1.82) is 0 Å². The molecule has 0 spiro atoms. The lowest BCUT2D eigenvalue weighted by Gasteiger charge is -2.65. The van der Waals surface area contributed by atoms with Crippen molar-refractivity contribution in [3.8, 4) is 0 Å². The van der Waals surface area contributed by atoms with E-state index < -0.39 is 5.54 Å². The molecule has 2 fully saturated rings. The number of imidazole rings is 1. The number of fused-ring (bicyclic) bond motifs is 2. The Morgan fingerprint density at radius 2 is 2.25 bits per heavy atom. The Hall–Kier alpha value is -1.92. The average Bonchev–Trinajstić information content (AvgIpc) is 2.93. The summed E-state index contributed by atoms with van der Waals surface area (Å²) < 4.78 is 5.88. The monoisotopic (exact) mass is 328 g/mol. The molecule has 1 saturated heterocycles. The van der Waals surface area contributed by atoms with Gasteiger partial charge in [-0.15, -0.1) is 0 Å². The van der Waals surface area contributed by atoms with E-state index in [9.17, 15) is 4.79 Å². The van der Waals surface area contributed by atoms with E-state index in [1.807, 2.05) is 39.0 Å². The van der Waals surface area contributed by atoms with Gasteiger partial charge in [-0.1, -0.05) is 13.8 Å². The van der Waals surface area contributed by atoms with Gasteiger partial charge in [-0.2, -0.15) is 0 Å². The first-order chi connectivity index (χ1) is 11.3. The van der Waals surface area contributed by atoms with E-state index in [0.29, 0.717) is 0 Å². The Labute approximate surface area is 141 Å². The van der Waals surface area contributed by atoms with Crippen LogP contribution in [-0.2, 0) is 9.53 Å². The zero-order valence-electron chi connectivity index (χ0n) is 14.3. The zero-order valence-corrected chi connectivity index (χ0v) is 14.3. The molecule has 4 rings (SSSR count). The molecule has 1 saturated carbocycles. The quantitative estimate of drug-likeness (QED) is 0.789. The Kier molecular flexibility index (Phi) is 3.27. The molecule has 6 nitrogen and oxygen atoms in total. The maximum Gasteiger partial charge on any atom is 0.245 e. The second-order valence-corrected chi connectivity index (χ2v) is 7.64. The highest BCUT2D eigenvalue weighted by molar-refractivity contribution is 6.01. The molecule has 0 bridgehead atoms. The lowest BCUT2D eigenvalue weighted by Crippen LogP contribution is -2.81. The van der Waals surface area contributed by atoms with Crippen molar-refractivity contribution in [3.05, 3.63) is 24.0 Å². The minimum Gasteiger partial charge on any atom is -0.377 e. The van der Waals surface area contributed by atoms with Crippen LogP contribution in [0.25, 0.3) is 11.0 Å². The highest BCUT2D eigenvalue weighted by Gasteiger charge is 2.70. The number of nitrogens with zero attached hydrogens (tertiary/aromatic N) is 1. The standard InChI is InChI=1S/C18H24N4O2/c1-10-20-13-7-6-11(9-14(13)21-10)22-16(23)18(19)12-5-4-8-24-15(12)17(18,2)3/h6-7,9,12,15H,4-5,8,19H2,1-3H3,(H,20,21)(H,22,23). The predicted octanol–water partition coefficient (Wildman–Crippen LogP) is 2.34. The molecule has 1 aromatic heterocycles. The first kappa shape index (κ1) is 15.6. The maximum absolute atomic E-state index is 13.0. The van der Waals surface area contributed by atoms with Gasteiger partial charge in [-0.05, 0) is 38.0 Å². The number of ether oxygens (including phenoxy) is 1. The van der Waals surface area contributed by atoms with Gasteiger partial charge in [0.15, 0.2) is 0 Å². The SMILES string of the molecule is Cc1nc2ccc(NC(=O)C3(N)C4CCCOC4C3(C)C)cc2[nH]1. The van der Waals surface area contributed by atoms with E-state index >= 15 is 0 Å². The molecule has 3 atom stereocenters. The van der Waals surface area contributed by atoms with Gasteiger partial charge in [0.2, 0.25) is 5.91 Å². The molecule has 2 aromatic rings. The van der Waals surface area contributed by atoms with Gasteiger partial charge in [0.1, 0.15) is 11.4 Å². The summed E-state index contributed by atoms with van der Waals surface area (Å²) in [6, 6.07) is 5.66. The number of benzene rings is 1. The van der Waals surface area contributed by atoms with E-state index in [0.717, 1.165) is 42.0 Å². The van der Waals surface area contributed by atoms with Crippen LogP contribution in [-0.4, -0.2) is 34.1 Å².